The van der Waals surface area contributed by atoms with Crippen molar-refractivity contribution in [1.82, 2.24) is 15.1 Å². The van der Waals surface area contributed by atoms with Gasteiger partial charge in [0.25, 0.3) is 12.3 Å². The summed E-state index contributed by atoms with van der Waals surface area (Å²) in [6.45, 7) is 4.28. The van der Waals surface area contributed by atoms with E-state index in [4.69, 9.17) is 4.74 Å². The summed E-state index contributed by atoms with van der Waals surface area (Å²) in [5.41, 5.74) is -0.0643. The molecule has 8 heteroatoms. The SMILES string of the molecule is CC(C)Cn1ncc(C(=O)N[C@@H]2CCOc3c(F)cccc32)c1C(F)F. The number of para-hydroxylation sites is 1. The summed E-state index contributed by atoms with van der Waals surface area (Å²) >= 11 is 0. The number of amides is 1. The quantitative estimate of drug-likeness (QED) is 0.873. The number of ether oxygens (including phenoxy) is 1. The number of benzene rings is 1. The van der Waals surface area contributed by atoms with E-state index in [1.54, 1.807) is 6.07 Å². The van der Waals surface area contributed by atoms with Crippen molar-refractivity contribution < 1.29 is 22.7 Å². The highest BCUT2D eigenvalue weighted by Gasteiger charge is 2.29. The van der Waals surface area contributed by atoms with Crippen LogP contribution in [0.15, 0.2) is 24.4 Å². The first-order chi connectivity index (χ1) is 12.4. The molecule has 0 radical (unpaired) electrons. The van der Waals surface area contributed by atoms with E-state index in [0.29, 0.717) is 12.0 Å². The van der Waals surface area contributed by atoms with Crippen LogP contribution in [0.4, 0.5) is 13.2 Å². The van der Waals surface area contributed by atoms with Gasteiger partial charge in [0.1, 0.15) is 5.69 Å². The van der Waals surface area contributed by atoms with Crippen LogP contribution < -0.4 is 10.1 Å². The number of halogens is 3. The average Bonchev–Trinajstić information content (AvgIpc) is 2.99. The Kier molecular flexibility index (Phi) is 5.20. The van der Waals surface area contributed by atoms with Gasteiger partial charge < -0.3 is 10.1 Å². The van der Waals surface area contributed by atoms with E-state index < -0.39 is 29.9 Å². The minimum absolute atomic E-state index is 0.0913. The van der Waals surface area contributed by atoms with E-state index in [1.165, 1.54) is 16.8 Å². The number of fused-ring (bicyclic) bond motifs is 1. The number of nitrogens with one attached hydrogen (secondary N) is 1. The van der Waals surface area contributed by atoms with Crippen molar-refractivity contribution in [2.24, 2.45) is 5.92 Å². The second kappa shape index (κ2) is 7.39. The third-order valence-electron chi connectivity index (χ3n) is 4.20. The van der Waals surface area contributed by atoms with Gasteiger partial charge in [-0.2, -0.15) is 5.10 Å². The highest BCUT2D eigenvalue weighted by molar-refractivity contribution is 5.95. The highest BCUT2D eigenvalue weighted by Crippen LogP contribution is 2.34. The van der Waals surface area contributed by atoms with E-state index in [9.17, 15) is 18.0 Å². The second-order valence-electron chi connectivity index (χ2n) is 6.64. The maximum absolute atomic E-state index is 13.8. The summed E-state index contributed by atoms with van der Waals surface area (Å²) in [5, 5.41) is 6.65. The molecule has 1 aliphatic heterocycles. The van der Waals surface area contributed by atoms with Gasteiger partial charge in [-0.25, -0.2) is 13.2 Å². The molecular weight excluding hydrogens is 347 g/mol. The molecule has 0 aliphatic carbocycles. The molecule has 1 N–H and O–H groups in total. The van der Waals surface area contributed by atoms with E-state index in [-0.39, 0.29) is 30.4 Å². The standard InChI is InChI=1S/C18H20F3N3O2/c1-10(2)9-24-15(17(20)21)12(8-22-24)18(25)23-14-6-7-26-16-11(14)4-3-5-13(16)19/h3-5,8,10,14,17H,6-7,9H2,1-2H3,(H,23,25)/t14-/m1/s1. The smallest absolute Gasteiger partial charge is 0.280 e. The number of aromatic nitrogens is 2. The van der Waals surface area contributed by atoms with Crippen LogP contribution in [-0.2, 0) is 6.54 Å². The Labute approximate surface area is 149 Å². The Morgan fingerprint density at radius 3 is 2.88 bits per heavy atom. The number of hydrogen-bond donors (Lipinski definition) is 1. The zero-order valence-electron chi connectivity index (χ0n) is 14.5. The van der Waals surface area contributed by atoms with Crippen molar-refractivity contribution >= 4 is 5.91 Å². The first-order valence-corrected chi connectivity index (χ1v) is 8.44. The molecule has 3 rings (SSSR count). The molecule has 1 aliphatic rings. The summed E-state index contributed by atoms with van der Waals surface area (Å²) < 4.78 is 47.3. The molecule has 0 saturated carbocycles. The Hall–Kier alpha value is -2.51. The lowest BCUT2D eigenvalue weighted by molar-refractivity contribution is 0.0906. The molecule has 0 bridgehead atoms. The topological polar surface area (TPSA) is 56.2 Å². The van der Waals surface area contributed by atoms with Gasteiger partial charge in [0.15, 0.2) is 11.6 Å². The summed E-state index contributed by atoms with van der Waals surface area (Å²) in [6, 6.07) is 3.93. The van der Waals surface area contributed by atoms with Crippen LogP contribution in [0.25, 0.3) is 0 Å². The van der Waals surface area contributed by atoms with Gasteiger partial charge in [-0.3, -0.25) is 9.48 Å². The lowest BCUT2D eigenvalue weighted by Gasteiger charge is -2.27. The monoisotopic (exact) mass is 367 g/mol. The van der Waals surface area contributed by atoms with Gasteiger partial charge in [0.05, 0.1) is 24.4 Å². The molecule has 1 amide bonds. The predicted octanol–water partition coefficient (Wildman–Crippen LogP) is 3.87. The van der Waals surface area contributed by atoms with Gasteiger partial charge in [-0.05, 0) is 12.0 Å². The minimum Gasteiger partial charge on any atom is -0.490 e. The minimum atomic E-state index is -2.82. The molecule has 2 heterocycles. The molecule has 1 aromatic heterocycles. The largest absolute Gasteiger partial charge is 0.490 e. The Balaban J connectivity index is 1.86. The third-order valence-corrected chi connectivity index (χ3v) is 4.20. The average molecular weight is 367 g/mol. The molecule has 1 aromatic carbocycles. The van der Waals surface area contributed by atoms with Crippen LogP contribution >= 0.6 is 0 Å². The van der Waals surface area contributed by atoms with Crippen molar-refractivity contribution in [3.05, 3.63) is 47.0 Å². The van der Waals surface area contributed by atoms with Gasteiger partial charge in [0, 0.05) is 18.5 Å². The lowest BCUT2D eigenvalue weighted by atomic mass is 10.00. The van der Waals surface area contributed by atoms with Crippen LogP contribution in [0.3, 0.4) is 0 Å². The summed E-state index contributed by atoms with van der Waals surface area (Å²) in [6.07, 6.45) is -1.24. The number of carbonyl (C=O) groups is 1. The second-order valence-corrected chi connectivity index (χ2v) is 6.64. The van der Waals surface area contributed by atoms with Gasteiger partial charge in [-0.1, -0.05) is 26.0 Å². The van der Waals surface area contributed by atoms with Crippen LogP contribution in [0.1, 0.15) is 54.4 Å². The molecule has 2 aromatic rings. The molecule has 5 nitrogen and oxygen atoms in total. The van der Waals surface area contributed by atoms with Crippen molar-refractivity contribution in [1.29, 1.82) is 0 Å². The van der Waals surface area contributed by atoms with Crippen molar-refractivity contribution in [3.8, 4) is 5.75 Å². The first-order valence-electron chi connectivity index (χ1n) is 8.44. The van der Waals surface area contributed by atoms with Crippen molar-refractivity contribution in [3.63, 3.8) is 0 Å². The Morgan fingerprint density at radius 2 is 2.19 bits per heavy atom. The van der Waals surface area contributed by atoms with Gasteiger partial charge in [-0.15, -0.1) is 0 Å². The molecule has 0 fully saturated rings. The van der Waals surface area contributed by atoms with E-state index in [1.807, 2.05) is 13.8 Å². The number of hydrogen-bond acceptors (Lipinski definition) is 3. The van der Waals surface area contributed by atoms with E-state index in [0.717, 1.165) is 6.20 Å². The van der Waals surface area contributed by atoms with Gasteiger partial charge >= 0.3 is 0 Å². The lowest BCUT2D eigenvalue weighted by Crippen LogP contribution is -2.33. The Morgan fingerprint density at radius 1 is 1.42 bits per heavy atom. The number of carbonyl (C=O) groups excluding carboxylic acids is 1. The third kappa shape index (κ3) is 3.54. The van der Waals surface area contributed by atoms with E-state index >= 15 is 0 Å². The molecule has 0 spiro atoms. The summed E-state index contributed by atoms with van der Waals surface area (Å²) in [7, 11) is 0. The number of rotatable bonds is 5. The molecule has 26 heavy (non-hydrogen) atoms. The van der Waals surface area contributed by atoms with Crippen molar-refractivity contribution in [2.45, 2.75) is 39.3 Å². The van der Waals surface area contributed by atoms with Crippen LogP contribution in [-0.4, -0.2) is 22.3 Å². The molecular formula is C18H20F3N3O2. The predicted molar refractivity (Wildman–Crippen MR) is 88.7 cm³/mol. The molecule has 1 atom stereocenters. The van der Waals surface area contributed by atoms with E-state index in [2.05, 4.69) is 10.4 Å². The zero-order chi connectivity index (χ0) is 18.8. The summed E-state index contributed by atoms with van der Waals surface area (Å²) in [4.78, 5) is 12.6. The fourth-order valence-electron chi connectivity index (χ4n) is 3.06. The fourth-order valence-corrected chi connectivity index (χ4v) is 3.06. The maximum atomic E-state index is 13.8. The number of nitrogens with zero attached hydrogens (tertiary/aromatic N) is 2. The fraction of sp³-hybridized carbons (Fsp3) is 0.444. The van der Waals surface area contributed by atoms with Crippen LogP contribution in [0.5, 0.6) is 5.75 Å². The van der Waals surface area contributed by atoms with Crippen molar-refractivity contribution in [2.75, 3.05) is 6.61 Å². The number of alkyl halides is 2. The van der Waals surface area contributed by atoms with Crippen LogP contribution in [0.2, 0.25) is 0 Å². The van der Waals surface area contributed by atoms with Crippen LogP contribution in [0, 0.1) is 11.7 Å². The zero-order valence-corrected chi connectivity index (χ0v) is 14.5. The summed E-state index contributed by atoms with van der Waals surface area (Å²) in [5.74, 6) is -0.973. The normalized spacial score (nSPS) is 16.5. The molecule has 0 unspecified atom stereocenters. The maximum Gasteiger partial charge on any atom is 0.280 e. The molecule has 0 saturated heterocycles. The molecule has 140 valence electrons. The van der Waals surface area contributed by atoms with Gasteiger partial charge in [0.2, 0.25) is 0 Å². The first kappa shape index (κ1) is 18.3. The highest BCUT2D eigenvalue weighted by atomic mass is 19.3. The Bertz CT molecular complexity index is 805.